The van der Waals surface area contributed by atoms with Crippen LogP contribution in [0.25, 0.3) is 0 Å². The van der Waals surface area contributed by atoms with E-state index >= 15 is 0 Å². The van der Waals surface area contributed by atoms with Crippen LogP contribution < -0.4 is 16.0 Å². The molecule has 0 heterocycles. The number of hydrogen-bond acceptors (Lipinski definition) is 2. The molecule has 26 heavy (non-hydrogen) atoms. The number of rotatable bonds is 6. The third-order valence-electron chi connectivity index (χ3n) is 3.45. The van der Waals surface area contributed by atoms with E-state index in [0.29, 0.717) is 24.6 Å². The zero-order valence-corrected chi connectivity index (χ0v) is 18.3. The van der Waals surface area contributed by atoms with Crippen LogP contribution in [0.5, 0.6) is 0 Å². The van der Waals surface area contributed by atoms with E-state index < -0.39 is 11.7 Å². The maximum Gasteiger partial charge on any atom is 0.416 e. The summed E-state index contributed by atoms with van der Waals surface area (Å²) in [6.07, 6.45) is -4.34. The van der Waals surface area contributed by atoms with Crippen LogP contribution in [0.15, 0.2) is 29.3 Å². The molecule has 0 radical (unpaired) electrons. The fraction of sp³-hybridized carbons (Fsp3) is 0.611. The van der Waals surface area contributed by atoms with Gasteiger partial charge in [-0.05, 0) is 52.3 Å². The smallest absolute Gasteiger partial charge is 0.357 e. The highest BCUT2D eigenvalue weighted by atomic mass is 127. The van der Waals surface area contributed by atoms with Gasteiger partial charge in [-0.1, -0.05) is 12.1 Å². The first kappa shape index (κ1) is 25.0. The van der Waals surface area contributed by atoms with E-state index in [1.165, 1.54) is 12.1 Å². The zero-order chi connectivity index (χ0) is 19.1. The topological polar surface area (TPSA) is 48.5 Å². The van der Waals surface area contributed by atoms with E-state index in [4.69, 9.17) is 0 Å². The first-order chi connectivity index (χ1) is 11.5. The van der Waals surface area contributed by atoms with Gasteiger partial charge in [-0.25, -0.2) is 0 Å². The van der Waals surface area contributed by atoms with Gasteiger partial charge in [-0.3, -0.25) is 4.99 Å². The van der Waals surface area contributed by atoms with Crippen molar-refractivity contribution in [3.63, 3.8) is 0 Å². The van der Waals surface area contributed by atoms with Crippen molar-refractivity contribution in [2.45, 2.75) is 52.4 Å². The highest BCUT2D eigenvalue weighted by molar-refractivity contribution is 14.0. The van der Waals surface area contributed by atoms with Crippen molar-refractivity contribution in [1.29, 1.82) is 0 Å². The van der Waals surface area contributed by atoms with Gasteiger partial charge in [-0.2, -0.15) is 13.2 Å². The second kappa shape index (κ2) is 11.0. The lowest BCUT2D eigenvalue weighted by Gasteiger charge is -2.21. The summed E-state index contributed by atoms with van der Waals surface area (Å²) < 4.78 is 38.6. The van der Waals surface area contributed by atoms with E-state index in [1.54, 1.807) is 6.07 Å². The zero-order valence-electron chi connectivity index (χ0n) is 16.0. The summed E-state index contributed by atoms with van der Waals surface area (Å²) in [6, 6.07) is 5.05. The third-order valence-corrected chi connectivity index (χ3v) is 3.45. The Morgan fingerprint density at radius 1 is 1.19 bits per heavy atom. The highest BCUT2D eigenvalue weighted by Gasteiger charge is 2.30. The molecule has 1 aromatic rings. The molecule has 0 aliphatic rings. The van der Waals surface area contributed by atoms with Crippen molar-refractivity contribution in [2.24, 2.45) is 4.99 Å². The predicted octanol–water partition coefficient (Wildman–Crippen LogP) is 4.33. The Morgan fingerprint density at radius 3 is 2.38 bits per heavy atom. The summed E-state index contributed by atoms with van der Waals surface area (Å²) in [4.78, 5) is 4.46. The molecule has 3 N–H and O–H groups in total. The van der Waals surface area contributed by atoms with E-state index in [1.807, 2.05) is 13.8 Å². The Morgan fingerprint density at radius 2 is 1.85 bits per heavy atom. The lowest BCUT2D eigenvalue weighted by Crippen LogP contribution is -2.40. The molecule has 8 heteroatoms. The molecule has 150 valence electrons. The van der Waals surface area contributed by atoms with Gasteiger partial charge in [-0.15, -0.1) is 24.0 Å². The lowest BCUT2D eigenvalue weighted by molar-refractivity contribution is -0.137. The molecule has 0 spiro atoms. The summed E-state index contributed by atoms with van der Waals surface area (Å²) in [5.41, 5.74) is -0.0599. The van der Waals surface area contributed by atoms with Crippen LogP contribution >= 0.6 is 24.0 Å². The van der Waals surface area contributed by atoms with Crippen molar-refractivity contribution >= 4 is 29.9 Å². The van der Waals surface area contributed by atoms with Crippen LogP contribution in [0, 0.1) is 0 Å². The molecular formula is C18H30F3IN4. The Balaban J connectivity index is 0.00000625. The number of benzene rings is 1. The molecule has 0 amide bonds. The minimum atomic E-state index is -4.34. The fourth-order valence-corrected chi connectivity index (χ4v) is 2.19. The number of aliphatic imine (C=N–C) groups is 1. The van der Waals surface area contributed by atoms with Crippen LogP contribution in [0.2, 0.25) is 0 Å². The number of nitrogens with one attached hydrogen (secondary N) is 3. The van der Waals surface area contributed by atoms with Crippen LogP contribution in [0.4, 0.5) is 13.2 Å². The van der Waals surface area contributed by atoms with Crippen LogP contribution in [0.3, 0.4) is 0 Å². The number of nitrogens with zero attached hydrogens (tertiary/aromatic N) is 1. The maximum absolute atomic E-state index is 12.9. The van der Waals surface area contributed by atoms with E-state index in [0.717, 1.165) is 12.6 Å². The second-order valence-electron chi connectivity index (χ2n) is 6.93. The second-order valence-corrected chi connectivity index (χ2v) is 6.93. The minimum Gasteiger partial charge on any atom is -0.357 e. The van der Waals surface area contributed by atoms with Crippen molar-refractivity contribution in [3.05, 3.63) is 35.4 Å². The Kier molecular flexibility index (Phi) is 10.5. The van der Waals surface area contributed by atoms with Crippen molar-refractivity contribution < 1.29 is 13.2 Å². The van der Waals surface area contributed by atoms with E-state index in [2.05, 4.69) is 41.7 Å². The number of hydrogen-bond donors (Lipinski definition) is 3. The monoisotopic (exact) mass is 486 g/mol. The minimum absolute atomic E-state index is 0. The standard InChI is InChI=1S/C18H29F3N4.HI/c1-6-22-16(23-10-11-24-17(3,4)5)25-13(2)14-8-7-9-15(12-14)18(19,20)21;/h7-9,12-13,24H,6,10-11H2,1-5H3,(H2,22,23,25);1H. The lowest BCUT2D eigenvalue weighted by atomic mass is 10.1. The molecule has 1 atom stereocenters. The molecule has 1 aromatic carbocycles. The molecule has 0 fully saturated rings. The summed E-state index contributed by atoms with van der Waals surface area (Å²) in [5, 5.41) is 9.61. The molecule has 0 aromatic heterocycles. The third kappa shape index (κ3) is 9.61. The van der Waals surface area contributed by atoms with Crippen LogP contribution in [-0.2, 0) is 6.18 Å². The van der Waals surface area contributed by atoms with Crippen molar-refractivity contribution in [1.82, 2.24) is 16.0 Å². The normalized spacial score (nSPS) is 13.8. The van der Waals surface area contributed by atoms with Gasteiger partial charge < -0.3 is 16.0 Å². The van der Waals surface area contributed by atoms with E-state index in [-0.39, 0.29) is 35.6 Å². The Bertz CT molecular complexity index is 568. The van der Waals surface area contributed by atoms with Gasteiger partial charge in [0, 0.05) is 18.6 Å². The van der Waals surface area contributed by atoms with Crippen LogP contribution in [0.1, 0.15) is 51.8 Å². The van der Waals surface area contributed by atoms with Gasteiger partial charge in [0.2, 0.25) is 0 Å². The molecule has 0 saturated carbocycles. The molecule has 0 bridgehead atoms. The van der Waals surface area contributed by atoms with Crippen LogP contribution in [-0.4, -0.2) is 31.1 Å². The highest BCUT2D eigenvalue weighted by Crippen LogP contribution is 2.30. The molecule has 4 nitrogen and oxygen atoms in total. The largest absolute Gasteiger partial charge is 0.416 e. The predicted molar refractivity (Wildman–Crippen MR) is 112 cm³/mol. The molecular weight excluding hydrogens is 456 g/mol. The number of alkyl halides is 3. The average molecular weight is 486 g/mol. The van der Waals surface area contributed by atoms with Crippen molar-refractivity contribution in [2.75, 3.05) is 19.6 Å². The maximum atomic E-state index is 12.9. The summed E-state index contributed by atoms with van der Waals surface area (Å²) in [5.74, 6) is 0.586. The van der Waals surface area contributed by atoms with Gasteiger partial charge in [0.1, 0.15) is 0 Å². The Hall–Kier alpha value is -1.03. The van der Waals surface area contributed by atoms with Gasteiger partial charge in [0.05, 0.1) is 18.2 Å². The van der Waals surface area contributed by atoms with Gasteiger partial charge in [0.15, 0.2) is 5.96 Å². The summed E-state index contributed by atoms with van der Waals surface area (Å²) in [6.45, 7) is 12.0. The number of guanidine groups is 1. The quantitative estimate of drug-likeness (QED) is 0.243. The molecule has 0 aliphatic heterocycles. The van der Waals surface area contributed by atoms with Crippen molar-refractivity contribution in [3.8, 4) is 0 Å². The first-order valence-electron chi connectivity index (χ1n) is 8.50. The van der Waals surface area contributed by atoms with E-state index in [9.17, 15) is 13.2 Å². The SMILES string of the molecule is CCNC(=NCCNC(C)(C)C)NC(C)c1cccc(C(F)(F)F)c1.I. The van der Waals surface area contributed by atoms with Gasteiger partial charge in [0.25, 0.3) is 0 Å². The molecule has 0 aliphatic carbocycles. The molecule has 0 saturated heterocycles. The molecule has 1 rings (SSSR count). The first-order valence-corrected chi connectivity index (χ1v) is 8.50. The average Bonchev–Trinajstić information content (AvgIpc) is 2.50. The summed E-state index contributed by atoms with van der Waals surface area (Å²) in [7, 11) is 0. The summed E-state index contributed by atoms with van der Waals surface area (Å²) >= 11 is 0. The van der Waals surface area contributed by atoms with Gasteiger partial charge >= 0.3 is 6.18 Å². The number of halogens is 4. The fourth-order valence-electron chi connectivity index (χ4n) is 2.19. The Labute approximate surface area is 171 Å². The molecule has 1 unspecified atom stereocenters.